The number of quaternary nitrogens is 2. The van der Waals surface area contributed by atoms with Crippen molar-refractivity contribution in [3.63, 3.8) is 0 Å². The normalized spacial score (nSPS) is 12.0. The molecule has 0 heterocycles. The van der Waals surface area contributed by atoms with Crippen LogP contribution in [-0.4, -0.2) is 62.3 Å². The summed E-state index contributed by atoms with van der Waals surface area (Å²) < 4.78 is 0.980. The second-order valence-corrected chi connectivity index (χ2v) is 14.5. The summed E-state index contributed by atoms with van der Waals surface area (Å²) in [6, 6.07) is 0. The molecule has 0 saturated heterocycles. The summed E-state index contributed by atoms with van der Waals surface area (Å²) in [6.45, 7) is 6.24. The van der Waals surface area contributed by atoms with Gasteiger partial charge in [-0.05, 0) is 12.8 Å². The lowest BCUT2D eigenvalue weighted by Crippen LogP contribution is -2.58. The molecule has 0 aromatic carbocycles. The van der Waals surface area contributed by atoms with Gasteiger partial charge in [0.15, 0.2) is 0 Å². The average Bonchev–Trinajstić information content (AvgIpc) is 2.93. The smallest absolute Gasteiger partial charge is 0.264 e. The van der Waals surface area contributed by atoms with Gasteiger partial charge in [0.2, 0.25) is 0 Å². The molecule has 0 aliphatic carbocycles. The van der Waals surface area contributed by atoms with E-state index >= 15 is 0 Å². The van der Waals surface area contributed by atoms with Crippen molar-refractivity contribution >= 4 is 11.8 Å². The van der Waals surface area contributed by atoms with Crippen LogP contribution in [0.2, 0.25) is 0 Å². The molecule has 0 aliphatic heterocycles. The maximum absolute atomic E-state index is 12.5. The van der Waals surface area contributed by atoms with Gasteiger partial charge < -0.3 is 0 Å². The summed E-state index contributed by atoms with van der Waals surface area (Å²) in [4.78, 5) is 25.0. The fourth-order valence-corrected chi connectivity index (χ4v) is 6.01. The van der Waals surface area contributed by atoms with E-state index in [1.807, 2.05) is 0 Å². The molecule has 2 amide bonds. The van der Waals surface area contributed by atoms with E-state index < -0.39 is 0 Å². The second-order valence-electron chi connectivity index (χ2n) is 14.5. The summed E-state index contributed by atoms with van der Waals surface area (Å²) in [5.74, 6) is 0.308. The Morgan fingerprint density at radius 1 is 0.372 bits per heavy atom. The molecule has 0 atom stereocenters. The maximum atomic E-state index is 12.5. The number of carbonyl (C=O) groups excluding carboxylic acids is 2. The van der Waals surface area contributed by atoms with E-state index in [0.29, 0.717) is 22.0 Å². The Hall–Kier alpha value is -1.14. The molecule has 0 aromatic heterocycles. The summed E-state index contributed by atoms with van der Waals surface area (Å²) >= 11 is 0. The van der Waals surface area contributed by atoms with Gasteiger partial charge in [-0.15, -0.1) is 0 Å². The van der Waals surface area contributed by atoms with Crippen LogP contribution in [-0.2, 0) is 9.59 Å². The molecule has 0 radical (unpaired) electrons. The van der Waals surface area contributed by atoms with Crippen molar-refractivity contribution < 1.29 is 18.8 Å². The molecule has 0 rings (SSSR count). The molecule has 0 spiro atoms. The molecule has 6 heteroatoms. The van der Waals surface area contributed by atoms with Gasteiger partial charge in [-0.1, -0.05) is 155 Å². The van der Waals surface area contributed by atoms with E-state index in [-0.39, 0.29) is 11.8 Å². The summed E-state index contributed by atoms with van der Waals surface area (Å²) in [7, 11) is 8.25. The topological polar surface area (TPSA) is 58.2 Å². The van der Waals surface area contributed by atoms with Gasteiger partial charge in [-0.25, -0.2) is 20.0 Å². The van der Waals surface area contributed by atoms with Crippen LogP contribution in [0.5, 0.6) is 0 Å². The van der Waals surface area contributed by atoms with E-state index in [0.717, 1.165) is 45.2 Å². The van der Waals surface area contributed by atoms with E-state index in [1.165, 1.54) is 128 Å². The third-order valence-corrected chi connectivity index (χ3v) is 8.80. The van der Waals surface area contributed by atoms with Gasteiger partial charge in [-0.2, -0.15) is 0 Å². The standard InChI is InChI=1S/C37H76N4O2/c1-7-9-11-13-15-17-19-21-23-25-27-29-32-36(42)38-40(3,4)34-31-35-41(5,6)39-37(43)33-30-28-26-24-22-20-18-16-14-12-10-8-2/h7-35H2,1-6H3/p+2. The Bertz CT molecular complexity index is 597. The van der Waals surface area contributed by atoms with Crippen LogP contribution >= 0.6 is 0 Å². The van der Waals surface area contributed by atoms with Crippen molar-refractivity contribution in [2.45, 2.75) is 187 Å². The third-order valence-electron chi connectivity index (χ3n) is 8.80. The predicted molar refractivity (Wildman–Crippen MR) is 186 cm³/mol. The number of hydrogen-bond donors (Lipinski definition) is 2. The van der Waals surface area contributed by atoms with Crippen LogP contribution < -0.4 is 10.9 Å². The number of rotatable bonds is 32. The molecule has 43 heavy (non-hydrogen) atoms. The number of amides is 2. The molecule has 0 aromatic rings. The molecule has 256 valence electrons. The van der Waals surface area contributed by atoms with Gasteiger partial charge in [0.1, 0.15) is 13.1 Å². The minimum absolute atomic E-state index is 0.154. The van der Waals surface area contributed by atoms with E-state index in [9.17, 15) is 9.59 Å². The van der Waals surface area contributed by atoms with Gasteiger partial charge >= 0.3 is 0 Å². The van der Waals surface area contributed by atoms with Crippen molar-refractivity contribution in [3.8, 4) is 0 Å². The number of carbonyl (C=O) groups is 2. The summed E-state index contributed by atoms with van der Waals surface area (Å²) in [5.41, 5.74) is 6.39. The predicted octanol–water partition coefficient (Wildman–Crippen LogP) is 9.77. The largest absolute Gasteiger partial charge is 0.270 e. The van der Waals surface area contributed by atoms with Crippen LogP contribution in [0, 0.1) is 0 Å². The zero-order chi connectivity index (χ0) is 32.1. The zero-order valence-corrected chi connectivity index (χ0v) is 30.2. The second kappa shape index (κ2) is 28.3. The highest BCUT2D eigenvalue weighted by molar-refractivity contribution is 5.74. The Morgan fingerprint density at radius 2 is 0.605 bits per heavy atom. The first-order chi connectivity index (χ1) is 20.6. The van der Waals surface area contributed by atoms with Crippen LogP contribution in [0.1, 0.15) is 187 Å². The number of nitrogens with zero attached hydrogens (tertiary/aromatic N) is 2. The van der Waals surface area contributed by atoms with Crippen LogP contribution in [0.15, 0.2) is 0 Å². The summed E-state index contributed by atoms with van der Waals surface area (Å²) in [6.07, 6.45) is 33.6. The highest BCUT2D eigenvalue weighted by Crippen LogP contribution is 2.14. The van der Waals surface area contributed by atoms with Crippen LogP contribution in [0.4, 0.5) is 0 Å². The number of nitrogens with one attached hydrogen (secondary N) is 2. The first-order valence-electron chi connectivity index (χ1n) is 18.9. The van der Waals surface area contributed by atoms with E-state index in [4.69, 9.17) is 0 Å². The average molecular weight is 611 g/mol. The first-order valence-corrected chi connectivity index (χ1v) is 18.9. The van der Waals surface area contributed by atoms with Gasteiger partial charge in [0.25, 0.3) is 11.8 Å². The maximum Gasteiger partial charge on any atom is 0.264 e. The fourth-order valence-electron chi connectivity index (χ4n) is 6.01. The highest BCUT2D eigenvalue weighted by atomic mass is 16.2. The first kappa shape index (κ1) is 41.9. The van der Waals surface area contributed by atoms with Gasteiger partial charge in [-0.3, -0.25) is 9.59 Å². The van der Waals surface area contributed by atoms with Gasteiger partial charge in [0.05, 0.1) is 34.6 Å². The number of unbranched alkanes of at least 4 members (excludes halogenated alkanes) is 22. The SMILES string of the molecule is CCCCCCCCCCCCCCC(=O)N[N+](C)(C)CCC[N+](C)(C)NC(=O)CCCCCCCCCCCCCC. The molecule has 0 aliphatic rings. The molecule has 0 saturated carbocycles. The molecule has 6 nitrogen and oxygen atoms in total. The lowest BCUT2D eigenvalue weighted by Gasteiger charge is -2.32. The monoisotopic (exact) mass is 611 g/mol. The van der Waals surface area contributed by atoms with E-state index in [2.05, 4.69) is 52.9 Å². The van der Waals surface area contributed by atoms with Crippen molar-refractivity contribution in [2.24, 2.45) is 0 Å². The molecule has 0 fully saturated rings. The third kappa shape index (κ3) is 30.7. The van der Waals surface area contributed by atoms with E-state index in [1.54, 1.807) is 0 Å². The molecule has 0 bridgehead atoms. The van der Waals surface area contributed by atoms with Crippen LogP contribution in [0.3, 0.4) is 0 Å². The minimum Gasteiger partial charge on any atom is -0.270 e. The fraction of sp³-hybridized carbons (Fsp3) is 0.946. The molecular formula is C37H78N4O2+2. The zero-order valence-electron chi connectivity index (χ0n) is 30.2. The van der Waals surface area contributed by atoms with Crippen LogP contribution in [0.25, 0.3) is 0 Å². The summed E-state index contributed by atoms with van der Waals surface area (Å²) in [5, 5.41) is 0. The van der Waals surface area contributed by atoms with Gasteiger partial charge in [0, 0.05) is 12.8 Å². The lowest BCUT2D eigenvalue weighted by molar-refractivity contribution is -0.943. The Balaban J connectivity index is 3.78. The Labute approximate surface area is 269 Å². The molecule has 2 N–H and O–H groups in total. The number of hydrogen-bond acceptors (Lipinski definition) is 2. The Kier molecular flexibility index (Phi) is 27.6. The quantitative estimate of drug-likeness (QED) is 0.0452. The molecular weight excluding hydrogens is 532 g/mol. The minimum atomic E-state index is 0.154. The lowest BCUT2D eigenvalue weighted by atomic mass is 10.0. The Morgan fingerprint density at radius 3 is 0.860 bits per heavy atom. The van der Waals surface area contributed by atoms with Crippen molar-refractivity contribution in [3.05, 3.63) is 0 Å². The highest BCUT2D eigenvalue weighted by Gasteiger charge is 2.23. The molecule has 0 unspecified atom stereocenters. The van der Waals surface area contributed by atoms with Crippen molar-refractivity contribution in [2.75, 3.05) is 41.3 Å². The van der Waals surface area contributed by atoms with Crippen molar-refractivity contribution in [1.82, 2.24) is 10.9 Å². The van der Waals surface area contributed by atoms with Crippen molar-refractivity contribution in [1.29, 1.82) is 0 Å².